The maximum Gasteiger partial charge on any atom is 0.272 e. The number of rotatable bonds is 14. The molecule has 2 unspecified atom stereocenters. The van der Waals surface area contributed by atoms with Crippen molar-refractivity contribution in [1.29, 1.82) is 0 Å². The molecular weight excluding hydrogens is 628 g/mol. The van der Waals surface area contributed by atoms with Crippen molar-refractivity contribution in [3.8, 4) is 11.4 Å². The summed E-state index contributed by atoms with van der Waals surface area (Å²) in [4.78, 5) is 50.3. The van der Waals surface area contributed by atoms with Gasteiger partial charge in [-0.15, -0.1) is 0 Å². The molecule has 2 N–H and O–H groups in total. The van der Waals surface area contributed by atoms with Crippen LogP contribution in [-0.4, -0.2) is 56.0 Å². The van der Waals surface area contributed by atoms with Crippen LogP contribution in [0.3, 0.4) is 0 Å². The summed E-state index contributed by atoms with van der Waals surface area (Å²) >= 11 is 0. The predicted octanol–water partition coefficient (Wildman–Crippen LogP) is 5.04. The first-order chi connectivity index (χ1) is 24.4. The first-order valence-corrected chi connectivity index (χ1v) is 16.3. The van der Waals surface area contributed by atoms with Gasteiger partial charge in [-0.25, -0.2) is 9.36 Å². The minimum absolute atomic E-state index is 0.198. The Hall–Kier alpha value is -6.42. The van der Waals surface area contributed by atoms with Crippen molar-refractivity contribution in [2.75, 3.05) is 0 Å². The number of hydrogen-bond donors (Lipinski definition) is 2. The average Bonchev–Trinajstić information content (AvgIpc) is 3.76. The number of nitrogens with zero attached hydrogens (tertiary/aromatic N) is 4. The zero-order valence-electron chi connectivity index (χ0n) is 27.5. The first kappa shape index (κ1) is 33.5. The standard InChI is InChI=1S/C40H36N6O4/c1-28-21-38(40(50)42-33(27-48)23-30-13-7-3-8-14-30)46(43-28)35-19-17-31(18-20-35)24-36-25-37(44-45(36)34-15-9-4-10-16-34)39(49)41-32(26-47)22-29-11-5-2-6-12-29/h2-21,25-27,32-33H,22-24H2,1H3,(H,41,49)(H,42,50). The van der Waals surface area contributed by atoms with Gasteiger partial charge in [0.2, 0.25) is 0 Å². The molecule has 6 aromatic rings. The summed E-state index contributed by atoms with van der Waals surface area (Å²) < 4.78 is 3.29. The van der Waals surface area contributed by atoms with Crippen LogP contribution in [0.4, 0.5) is 0 Å². The van der Waals surface area contributed by atoms with Gasteiger partial charge in [0, 0.05) is 12.1 Å². The van der Waals surface area contributed by atoms with Crippen LogP contribution < -0.4 is 10.6 Å². The molecule has 2 aromatic heterocycles. The van der Waals surface area contributed by atoms with E-state index in [1.54, 1.807) is 28.4 Å². The largest absolute Gasteiger partial charge is 0.341 e. The molecule has 2 heterocycles. The van der Waals surface area contributed by atoms with Crippen LogP contribution in [0.2, 0.25) is 0 Å². The highest BCUT2D eigenvalue weighted by molar-refractivity contribution is 5.95. The van der Waals surface area contributed by atoms with Crippen molar-refractivity contribution in [3.63, 3.8) is 0 Å². The molecule has 2 amide bonds. The predicted molar refractivity (Wildman–Crippen MR) is 190 cm³/mol. The van der Waals surface area contributed by atoms with Gasteiger partial charge in [-0.1, -0.05) is 91.0 Å². The summed E-state index contributed by atoms with van der Waals surface area (Å²) in [5.41, 5.74) is 6.22. The minimum Gasteiger partial charge on any atom is -0.341 e. The van der Waals surface area contributed by atoms with Crippen molar-refractivity contribution in [3.05, 3.63) is 167 Å². The number of carbonyl (C=O) groups excluding carboxylic acids is 4. The Balaban J connectivity index is 1.20. The third-order valence-corrected chi connectivity index (χ3v) is 8.21. The van der Waals surface area contributed by atoms with E-state index in [-0.39, 0.29) is 5.69 Å². The molecule has 0 radical (unpaired) electrons. The Bertz CT molecular complexity index is 2070. The Morgan fingerprint density at radius 1 is 0.620 bits per heavy atom. The molecule has 2 atom stereocenters. The smallest absolute Gasteiger partial charge is 0.272 e. The van der Waals surface area contributed by atoms with Crippen LogP contribution in [0.1, 0.15) is 49.1 Å². The molecule has 0 bridgehead atoms. The molecule has 10 nitrogen and oxygen atoms in total. The lowest BCUT2D eigenvalue weighted by molar-refractivity contribution is -0.110. The SMILES string of the molecule is Cc1cc(C(=O)NC(C=O)Cc2ccccc2)n(-c2ccc(Cc3cc(C(=O)NC(C=O)Cc4ccccc4)nn3-c3ccccc3)cc2)n1. The van der Waals surface area contributed by atoms with Crippen molar-refractivity contribution in [1.82, 2.24) is 30.2 Å². The molecule has 0 saturated carbocycles. The Kier molecular flexibility index (Phi) is 10.5. The molecule has 0 aliphatic rings. The first-order valence-electron chi connectivity index (χ1n) is 16.3. The zero-order chi connectivity index (χ0) is 34.9. The number of nitrogens with one attached hydrogen (secondary N) is 2. The lowest BCUT2D eigenvalue weighted by Crippen LogP contribution is -2.38. The fraction of sp³-hybridized carbons (Fsp3) is 0.150. The number of hydrogen-bond acceptors (Lipinski definition) is 6. The van der Waals surface area contributed by atoms with E-state index in [4.69, 9.17) is 0 Å². The Morgan fingerprint density at radius 2 is 1.14 bits per heavy atom. The lowest BCUT2D eigenvalue weighted by Gasteiger charge is -2.14. The third kappa shape index (κ3) is 8.16. The van der Waals surface area contributed by atoms with Gasteiger partial charge in [0.25, 0.3) is 11.8 Å². The van der Waals surface area contributed by atoms with E-state index < -0.39 is 23.9 Å². The number of aromatic nitrogens is 4. The molecule has 250 valence electrons. The molecule has 10 heteroatoms. The van der Waals surface area contributed by atoms with Crippen molar-refractivity contribution < 1.29 is 19.2 Å². The second-order valence-electron chi connectivity index (χ2n) is 12.0. The van der Waals surface area contributed by atoms with E-state index >= 15 is 0 Å². The summed E-state index contributed by atoms with van der Waals surface area (Å²) in [5, 5.41) is 14.8. The van der Waals surface area contributed by atoms with Gasteiger partial charge in [-0.3, -0.25) is 9.59 Å². The number of para-hydroxylation sites is 1. The highest BCUT2D eigenvalue weighted by Crippen LogP contribution is 2.20. The van der Waals surface area contributed by atoms with Crippen LogP contribution in [0.25, 0.3) is 11.4 Å². The summed E-state index contributed by atoms with van der Waals surface area (Å²) in [7, 11) is 0. The average molecular weight is 665 g/mol. The fourth-order valence-corrected chi connectivity index (χ4v) is 5.76. The molecule has 50 heavy (non-hydrogen) atoms. The van der Waals surface area contributed by atoms with Gasteiger partial charge in [-0.05, 0) is 72.9 Å². The number of amides is 2. The molecule has 4 aromatic carbocycles. The molecule has 0 aliphatic heterocycles. The third-order valence-electron chi connectivity index (χ3n) is 8.21. The number of benzene rings is 4. The topological polar surface area (TPSA) is 128 Å². The normalized spacial score (nSPS) is 12.1. The second-order valence-corrected chi connectivity index (χ2v) is 12.0. The van der Waals surface area contributed by atoms with Crippen LogP contribution >= 0.6 is 0 Å². The molecular formula is C40H36N6O4. The summed E-state index contributed by atoms with van der Waals surface area (Å²) in [6.45, 7) is 1.81. The fourth-order valence-electron chi connectivity index (χ4n) is 5.76. The van der Waals surface area contributed by atoms with E-state index in [0.29, 0.717) is 36.3 Å². The minimum atomic E-state index is -0.700. The summed E-state index contributed by atoms with van der Waals surface area (Å²) in [5.74, 6) is -0.842. The quantitative estimate of drug-likeness (QED) is 0.157. The second kappa shape index (κ2) is 15.7. The maximum atomic E-state index is 13.3. The van der Waals surface area contributed by atoms with E-state index in [2.05, 4.69) is 20.8 Å². The summed E-state index contributed by atoms with van der Waals surface area (Å²) in [6.07, 6.45) is 2.69. The van der Waals surface area contributed by atoms with E-state index in [1.807, 2.05) is 115 Å². The van der Waals surface area contributed by atoms with Gasteiger partial charge < -0.3 is 20.2 Å². The zero-order valence-corrected chi connectivity index (χ0v) is 27.5. The van der Waals surface area contributed by atoms with Crippen molar-refractivity contribution >= 4 is 24.4 Å². The van der Waals surface area contributed by atoms with Gasteiger partial charge >= 0.3 is 0 Å². The summed E-state index contributed by atoms with van der Waals surface area (Å²) in [6, 6.07) is 38.2. The van der Waals surface area contributed by atoms with Crippen LogP contribution in [0.5, 0.6) is 0 Å². The highest BCUT2D eigenvalue weighted by Gasteiger charge is 2.21. The molecule has 0 spiro atoms. The number of aldehydes is 2. The van der Waals surface area contributed by atoms with Crippen LogP contribution in [0, 0.1) is 6.92 Å². The molecule has 0 saturated heterocycles. The van der Waals surface area contributed by atoms with E-state index in [9.17, 15) is 19.2 Å². The van der Waals surface area contributed by atoms with Gasteiger partial charge in [0.05, 0.1) is 29.2 Å². The number of aryl methyl sites for hydroxylation is 1. The molecule has 0 fully saturated rings. The van der Waals surface area contributed by atoms with Gasteiger partial charge in [-0.2, -0.15) is 10.2 Å². The van der Waals surface area contributed by atoms with Crippen LogP contribution in [0.15, 0.2) is 127 Å². The number of carbonyl (C=O) groups is 4. The highest BCUT2D eigenvalue weighted by atomic mass is 16.2. The van der Waals surface area contributed by atoms with Crippen molar-refractivity contribution in [2.45, 2.75) is 38.3 Å². The Labute approximate surface area is 289 Å². The Morgan fingerprint density at radius 3 is 1.70 bits per heavy atom. The van der Waals surface area contributed by atoms with Crippen LogP contribution in [-0.2, 0) is 28.9 Å². The van der Waals surface area contributed by atoms with Gasteiger partial charge in [0.1, 0.15) is 18.3 Å². The lowest BCUT2D eigenvalue weighted by atomic mass is 10.1. The molecule has 0 aliphatic carbocycles. The monoisotopic (exact) mass is 664 g/mol. The van der Waals surface area contributed by atoms with E-state index in [1.165, 1.54) is 0 Å². The van der Waals surface area contributed by atoms with Crippen molar-refractivity contribution in [2.24, 2.45) is 0 Å². The van der Waals surface area contributed by atoms with Gasteiger partial charge in [0.15, 0.2) is 5.69 Å². The maximum absolute atomic E-state index is 13.3. The molecule has 6 rings (SSSR count). The van der Waals surface area contributed by atoms with E-state index in [0.717, 1.165) is 40.6 Å².